The summed E-state index contributed by atoms with van der Waals surface area (Å²) in [7, 11) is 5.72. The number of carboxylic acid groups (broad SMARTS) is 1. The number of aliphatic imine (C=N–C) groups is 1. The van der Waals surface area contributed by atoms with Gasteiger partial charge >= 0.3 is 11.9 Å². The number of hydrogen-bond acceptors (Lipinski definition) is 3. The van der Waals surface area contributed by atoms with Crippen molar-refractivity contribution in [1.82, 2.24) is 0 Å². The molecule has 2 radical (unpaired) electrons. The molecule has 0 saturated carbocycles. The summed E-state index contributed by atoms with van der Waals surface area (Å²) in [4.78, 5) is 14.7. The summed E-state index contributed by atoms with van der Waals surface area (Å²) in [5.74, 6) is -1.24. The minimum Gasteiger partial charge on any atom is -0.578 e. The van der Waals surface area contributed by atoms with Crippen molar-refractivity contribution in [3.05, 3.63) is 59.2 Å². The number of ether oxygens (including phenoxy) is 1. The van der Waals surface area contributed by atoms with Crippen LogP contribution >= 0.6 is 0 Å². The van der Waals surface area contributed by atoms with E-state index in [-0.39, 0.29) is 23.0 Å². The molecule has 4 N–H and O–H groups in total. The van der Waals surface area contributed by atoms with Gasteiger partial charge in [-0.1, -0.05) is 35.8 Å². The van der Waals surface area contributed by atoms with E-state index in [9.17, 15) is 4.79 Å². The second kappa shape index (κ2) is 7.46. The van der Waals surface area contributed by atoms with Crippen LogP contribution in [0, 0.1) is 12.3 Å². The fourth-order valence-electron chi connectivity index (χ4n) is 2.07. The molecule has 0 aromatic heterocycles. The largest absolute Gasteiger partial charge is 0.578 e. The number of nitrogens with one attached hydrogen (secondary N) is 1. The maximum Gasteiger partial charge on any atom is 0.370 e. The van der Waals surface area contributed by atoms with Crippen LogP contribution in [0.1, 0.15) is 16.7 Å². The van der Waals surface area contributed by atoms with E-state index in [1.54, 1.807) is 18.2 Å². The predicted molar refractivity (Wildman–Crippen MR) is 93.1 cm³/mol. The molecule has 0 heterocycles. The number of rotatable bonds is 5. The Morgan fingerprint density at radius 3 is 2.67 bits per heavy atom. The molecule has 7 heteroatoms. The van der Waals surface area contributed by atoms with Gasteiger partial charge in [0.1, 0.15) is 19.2 Å². The SMILES string of the molecule is [B]c1ccc(OCC(=O)O)c(C([OH2+])=NC(=N)c2ccccc2C)c1. The number of amidine groups is 1. The van der Waals surface area contributed by atoms with Crippen LogP contribution in [0.25, 0.3) is 0 Å². The minimum atomic E-state index is -1.13. The van der Waals surface area contributed by atoms with Gasteiger partial charge in [-0.05, 0) is 24.6 Å². The molecular formula is C17H16BN2O4+. The van der Waals surface area contributed by atoms with E-state index in [1.165, 1.54) is 12.1 Å². The number of carbonyl (C=O) groups is 1. The molecule has 6 nitrogen and oxygen atoms in total. The van der Waals surface area contributed by atoms with Crippen LogP contribution < -0.4 is 10.2 Å². The molecule has 0 aliphatic carbocycles. The number of carboxylic acids is 1. The fourth-order valence-corrected chi connectivity index (χ4v) is 2.07. The Hall–Kier alpha value is -3.09. The highest BCUT2D eigenvalue weighted by Crippen LogP contribution is 2.18. The van der Waals surface area contributed by atoms with E-state index in [4.69, 9.17) is 28.2 Å². The number of aryl methyl sites for hydroxylation is 1. The fraction of sp³-hybridized carbons (Fsp3) is 0.118. The predicted octanol–water partition coefficient (Wildman–Crippen LogP) is 0.749. The first-order valence-electron chi connectivity index (χ1n) is 7.08. The van der Waals surface area contributed by atoms with Crippen molar-refractivity contribution in [2.45, 2.75) is 6.92 Å². The highest BCUT2D eigenvalue weighted by atomic mass is 16.5. The summed E-state index contributed by atoms with van der Waals surface area (Å²) >= 11 is 0. The molecule has 2 rings (SSSR count). The minimum absolute atomic E-state index is 0.0651. The number of nitrogens with zero attached hydrogens (tertiary/aromatic N) is 1. The van der Waals surface area contributed by atoms with Crippen molar-refractivity contribution in [2.24, 2.45) is 4.99 Å². The molecule has 2 aromatic carbocycles. The lowest BCUT2D eigenvalue weighted by atomic mass is 9.94. The molecule has 0 aliphatic rings. The normalized spacial score (nSPS) is 11.1. The third-order valence-corrected chi connectivity index (χ3v) is 3.23. The Balaban J connectivity index is 2.35. The Kier molecular flexibility index (Phi) is 5.37. The molecule has 0 saturated heterocycles. The summed E-state index contributed by atoms with van der Waals surface area (Å²) in [6, 6.07) is 11.7. The standard InChI is InChI=1S/C17H15BN2O4/c1-10-4-2-3-5-12(10)16(19)20-17(23)13-8-11(18)6-7-14(13)24-9-15(21)22/h2-8H,9H2,1H3,(H,21,22)(H2,19,20,23)/p+1. The van der Waals surface area contributed by atoms with Gasteiger partial charge in [-0.25, -0.2) is 4.79 Å². The maximum atomic E-state index is 10.7. The topological polar surface area (TPSA) is 106 Å². The zero-order valence-electron chi connectivity index (χ0n) is 13.0. The lowest BCUT2D eigenvalue weighted by molar-refractivity contribution is -0.139. The lowest BCUT2D eigenvalue weighted by Gasteiger charge is -2.08. The zero-order chi connectivity index (χ0) is 17.7. The van der Waals surface area contributed by atoms with E-state index in [0.29, 0.717) is 11.0 Å². The summed E-state index contributed by atoms with van der Waals surface area (Å²) in [5, 5.41) is 24.9. The van der Waals surface area contributed by atoms with Crippen molar-refractivity contribution in [1.29, 1.82) is 5.41 Å². The van der Waals surface area contributed by atoms with Crippen molar-refractivity contribution in [2.75, 3.05) is 6.61 Å². The van der Waals surface area contributed by atoms with Crippen molar-refractivity contribution in [3.63, 3.8) is 0 Å². The number of benzene rings is 2. The van der Waals surface area contributed by atoms with Gasteiger partial charge in [-0.2, -0.15) is 0 Å². The van der Waals surface area contributed by atoms with Gasteiger partial charge in [0.2, 0.25) is 0 Å². The van der Waals surface area contributed by atoms with Gasteiger partial charge in [0.05, 0.1) is 0 Å². The number of hydrogen-bond donors (Lipinski definition) is 2. The van der Waals surface area contributed by atoms with Gasteiger partial charge in [-0.15, -0.1) is 4.99 Å². The van der Waals surface area contributed by atoms with Gasteiger partial charge in [0.25, 0.3) is 0 Å². The van der Waals surface area contributed by atoms with Gasteiger partial charge in [-0.3, -0.25) is 5.41 Å². The molecule has 0 aliphatic heterocycles. The van der Waals surface area contributed by atoms with E-state index in [0.717, 1.165) is 5.56 Å². The molecule has 24 heavy (non-hydrogen) atoms. The van der Waals surface area contributed by atoms with Crippen LogP contribution in [-0.4, -0.2) is 42.4 Å². The van der Waals surface area contributed by atoms with E-state index < -0.39 is 12.6 Å². The highest BCUT2D eigenvalue weighted by Gasteiger charge is 2.17. The number of aliphatic carboxylic acids is 1. The first-order chi connectivity index (χ1) is 11.4. The van der Waals surface area contributed by atoms with Gasteiger partial charge < -0.3 is 14.9 Å². The van der Waals surface area contributed by atoms with Crippen LogP contribution in [0.4, 0.5) is 0 Å². The van der Waals surface area contributed by atoms with E-state index in [1.807, 2.05) is 19.1 Å². The summed E-state index contributed by atoms with van der Waals surface area (Å²) < 4.78 is 5.16. The van der Waals surface area contributed by atoms with Crippen LogP contribution in [0.3, 0.4) is 0 Å². The first-order valence-corrected chi connectivity index (χ1v) is 7.08. The molecule has 0 amide bonds. The molecule has 120 valence electrons. The molecular weight excluding hydrogens is 307 g/mol. The smallest absolute Gasteiger partial charge is 0.370 e. The average molecular weight is 323 g/mol. The molecule has 0 atom stereocenters. The second-order valence-electron chi connectivity index (χ2n) is 5.06. The van der Waals surface area contributed by atoms with Crippen molar-refractivity contribution < 1.29 is 19.7 Å². The van der Waals surface area contributed by atoms with Crippen LogP contribution in [0.2, 0.25) is 0 Å². The summed E-state index contributed by atoms with van der Waals surface area (Å²) in [6.07, 6.45) is 0. The second-order valence-corrected chi connectivity index (χ2v) is 5.06. The van der Waals surface area contributed by atoms with Gasteiger partial charge in [0.15, 0.2) is 12.4 Å². The Morgan fingerprint density at radius 2 is 2.00 bits per heavy atom. The molecule has 0 fully saturated rings. The first kappa shape index (κ1) is 17.3. The Bertz CT molecular complexity index is 818. The third kappa shape index (κ3) is 4.22. The maximum absolute atomic E-state index is 10.7. The van der Waals surface area contributed by atoms with Crippen LogP contribution in [0.15, 0.2) is 47.5 Å². The summed E-state index contributed by atoms with van der Waals surface area (Å²) in [5.41, 5.74) is 2.10. The highest BCUT2D eigenvalue weighted by molar-refractivity contribution is 6.32. The van der Waals surface area contributed by atoms with Crippen LogP contribution in [0.5, 0.6) is 5.75 Å². The molecule has 0 spiro atoms. The molecule has 0 unspecified atom stereocenters. The van der Waals surface area contributed by atoms with E-state index in [2.05, 4.69) is 4.99 Å². The average Bonchev–Trinajstić information content (AvgIpc) is 2.53. The molecule has 2 aromatic rings. The van der Waals surface area contributed by atoms with Crippen molar-refractivity contribution >= 4 is 31.0 Å². The Labute approximate surface area is 140 Å². The van der Waals surface area contributed by atoms with Crippen LogP contribution in [-0.2, 0) is 4.79 Å². The zero-order valence-corrected chi connectivity index (χ0v) is 13.0. The quantitative estimate of drug-likeness (QED) is 0.367. The van der Waals surface area contributed by atoms with Crippen molar-refractivity contribution in [3.8, 4) is 5.75 Å². The molecule has 0 bridgehead atoms. The van der Waals surface area contributed by atoms with E-state index >= 15 is 0 Å². The summed E-state index contributed by atoms with van der Waals surface area (Å²) in [6.45, 7) is 1.31. The monoisotopic (exact) mass is 323 g/mol. The third-order valence-electron chi connectivity index (χ3n) is 3.23. The van der Waals surface area contributed by atoms with Gasteiger partial charge in [0, 0.05) is 5.56 Å². The Morgan fingerprint density at radius 1 is 1.29 bits per heavy atom. The lowest BCUT2D eigenvalue weighted by Crippen LogP contribution is -2.15.